The van der Waals surface area contributed by atoms with Crippen LogP contribution in [-0.4, -0.2) is 59.9 Å². The first kappa shape index (κ1) is 24.1. The summed E-state index contributed by atoms with van der Waals surface area (Å²) >= 11 is 0. The third-order valence-electron chi connectivity index (χ3n) is 5.92. The summed E-state index contributed by atoms with van der Waals surface area (Å²) < 4.78 is 66.4. The molecule has 182 valence electrons. The van der Waals surface area contributed by atoms with Crippen LogP contribution in [0.4, 0.5) is 24.7 Å². The largest absolute Gasteiger partial charge is 0.390 e. The quantitative estimate of drug-likeness (QED) is 0.538. The van der Waals surface area contributed by atoms with Gasteiger partial charge in [0.1, 0.15) is 12.4 Å². The molecule has 0 spiro atoms. The minimum absolute atomic E-state index is 0.0218. The Bertz CT molecular complexity index is 1320. The molecule has 0 unspecified atom stereocenters. The van der Waals surface area contributed by atoms with E-state index in [-0.39, 0.29) is 22.9 Å². The number of hydrogen-bond donors (Lipinski definition) is 2. The fraction of sp³-hybridized carbons (Fsp3) is 0.409. The van der Waals surface area contributed by atoms with Crippen molar-refractivity contribution in [2.24, 2.45) is 0 Å². The van der Waals surface area contributed by atoms with Crippen molar-refractivity contribution in [2.45, 2.75) is 25.8 Å². The fourth-order valence-corrected chi connectivity index (χ4v) is 5.13. The van der Waals surface area contributed by atoms with Crippen LogP contribution in [0.5, 0.6) is 0 Å². The van der Waals surface area contributed by atoms with Crippen LogP contribution in [0.2, 0.25) is 0 Å². The predicted molar refractivity (Wildman–Crippen MR) is 122 cm³/mol. The van der Waals surface area contributed by atoms with Crippen molar-refractivity contribution in [1.82, 2.24) is 15.2 Å². The smallest absolute Gasteiger partial charge is 0.298 e. The van der Waals surface area contributed by atoms with Crippen molar-refractivity contribution in [3.05, 3.63) is 53.1 Å². The maximum atomic E-state index is 14.9. The van der Waals surface area contributed by atoms with Crippen molar-refractivity contribution >= 4 is 32.2 Å². The number of aliphatic hydroxyl groups excluding tert-OH is 1. The van der Waals surface area contributed by atoms with E-state index in [1.54, 1.807) is 20.0 Å². The number of halogens is 3. The van der Waals surface area contributed by atoms with Crippen molar-refractivity contribution in [1.29, 1.82) is 0 Å². The van der Waals surface area contributed by atoms with Crippen LogP contribution < -0.4 is 10.2 Å². The van der Waals surface area contributed by atoms with Crippen LogP contribution in [0.25, 0.3) is 10.9 Å². The van der Waals surface area contributed by atoms with Gasteiger partial charge in [-0.25, -0.2) is 12.8 Å². The van der Waals surface area contributed by atoms with Crippen molar-refractivity contribution in [3.8, 4) is 0 Å². The standard InChI is InChI=1S/C22H24F3N5O3S/c1-13(16-4-3-5-18(19(16)23)22(24,25)12-31)27-21-17-10-15(11-26-20(17)14(2)28-29-21)30-6-8-34(32,33)9-7-30/h3-5,10-11,13,31H,6-9,12H2,1-2H3,(H,27,29)/t13-/m1/s1. The molecule has 2 N–H and O–H groups in total. The number of aromatic nitrogens is 3. The molecule has 12 heteroatoms. The van der Waals surface area contributed by atoms with Gasteiger partial charge in [-0.2, -0.15) is 13.9 Å². The Morgan fingerprint density at radius 3 is 2.62 bits per heavy atom. The van der Waals surface area contributed by atoms with E-state index in [1.807, 2.05) is 11.0 Å². The number of alkyl halides is 2. The number of rotatable bonds is 6. The summed E-state index contributed by atoms with van der Waals surface area (Å²) in [6.07, 6.45) is 1.64. The van der Waals surface area contributed by atoms with E-state index in [1.165, 1.54) is 12.1 Å². The summed E-state index contributed by atoms with van der Waals surface area (Å²) in [5.41, 5.74) is 0.925. The Hall–Kier alpha value is -2.99. The second kappa shape index (κ2) is 8.99. The Morgan fingerprint density at radius 2 is 1.94 bits per heavy atom. The third kappa shape index (κ3) is 4.64. The molecule has 1 aliphatic heterocycles. The highest BCUT2D eigenvalue weighted by molar-refractivity contribution is 7.91. The summed E-state index contributed by atoms with van der Waals surface area (Å²) in [4.78, 5) is 6.39. The van der Waals surface area contributed by atoms with Gasteiger partial charge in [0.15, 0.2) is 15.7 Å². The molecule has 1 fully saturated rings. The molecule has 0 amide bonds. The predicted octanol–water partition coefficient (Wildman–Crippen LogP) is 2.96. The second-order valence-electron chi connectivity index (χ2n) is 8.30. The van der Waals surface area contributed by atoms with Crippen LogP contribution in [0.3, 0.4) is 0 Å². The molecule has 1 atom stereocenters. The van der Waals surface area contributed by atoms with Gasteiger partial charge in [0.2, 0.25) is 0 Å². The zero-order chi connectivity index (χ0) is 24.7. The third-order valence-corrected chi connectivity index (χ3v) is 7.53. The lowest BCUT2D eigenvalue weighted by Crippen LogP contribution is -2.40. The zero-order valence-corrected chi connectivity index (χ0v) is 19.4. The first-order chi connectivity index (χ1) is 16.0. The topological polar surface area (TPSA) is 108 Å². The van der Waals surface area contributed by atoms with Crippen LogP contribution in [0.1, 0.15) is 29.8 Å². The maximum Gasteiger partial charge on any atom is 0.298 e. The number of aryl methyl sites for hydroxylation is 1. The molecule has 3 heterocycles. The van der Waals surface area contributed by atoms with Crippen LogP contribution in [-0.2, 0) is 15.8 Å². The summed E-state index contributed by atoms with van der Waals surface area (Å²) in [5.74, 6) is -4.44. The lowest BCUT2D eigenvalue weighted by atomic mass is 10.00. The van der Waals surface area contributed by atoms with Gasteiger partial charge < -0.3 is 15.3 Å². The Labute approximate surface area is 194 Å². The first-order valence-electron chi connectivity index (χ1n) is 10.6. The average molecular weight is 496 g/mol. The number of nitrogens with one attached hydrogen (secondary N) is 1. The maximum absolute atomic E-state index is 14.9. The molecule has 0 radical (unpaired) electrons. The highest BCUT2D eigenvalue weighted by Crippen LogP contribution is 2.34. The van der Waals surface area contributed by atoms with E-state index in [0.717, 1.165) is 6.07 Å². The van der Waals surface area contributed by atoms with Gasteiger partial charge in [0, 0.05) is 24.0 Å². The van der Waals surface area contributed by atoms with E-state index in [9.17, 15) is 21.6 Å². The van der Waals surface area contributed by atoms with E-state index >= 15 is 0 Å². The van der Waals surface area contributed by atoms with E-state index in [2.05, 4.69) is 20.5 Å². The van der Waals surface area contributed by atoms with E-state index in [0.29, 0.717) is 35.4 Å². The molecule has 3 aromatic rings. The van der Waals surface area contributed by atoms with Gasteiger partial charge in [-0.1, -0.05) is 12.1 Å². The van der Waals surface area contributed by atoms with Gasteiger partial charge in [0.25, 0.3) is 5.92 Å². The molecule has 8 nitrogen and oxygen atoms in total. The Balaban J connectivity index is 1.68. The minimum Gasteiger partial charge on any atom is -0.390 e. The average Bonchev–Trinajstić information content (AvgIpc) is 2.80. The number of anilines is 2. The number of pyridine rings is 1. The number of aliphatic hydroxyl groups is 1. The SMILES string of the molecule is Cc1nnc(N[C@H](C)c2cccc(C(F)(F)CO)c2F)c2cc(N3CCS(=O)(=O)CC3)cnc12. The molecule has 2 aromatic heterocycles. The van der Waals surface area contributed by atoms with Gasteiger partial charge in [-0.05, 0) is 26.0 Å². The second-order valence-corrected chi connectivity index (χ2v) is 10.6. The molecular formula is C22H24F3N5O3S. The monoisotopic (exact) mass is 495 g/mol. The number of hydrogen-bond acceptors (Lipinski definition) is 8. The number of fused-ring (bicyclic) bond motifs is 1. The highest BCUT2D eigenvalue weighted by atomic mass is 32.2. The fourth-order valence-electron chi connectivity index (χ4n) is 3.93. The normalized spacial score (nSPS) is 17.1. The molecular weight excluding hydrogens is 471 g/mol. The van der Waals surface area contributed by atoms with Crippen LogP contribution >= 0.6 is 0 Å². The van der Waals surface area contributed by atoms with E-state index in [4.69, 9.17) is 5.11 Å². The molecule has 1 saturated heterocycles. The number of sulfone groups is 1. The molecule has 1 aromatic carbocycles. The van der Waals surface area contributed by atoms with Crippen molar-refractivity contribution < 1.29 is 26.7 Å². The van der Waals surface area contributed by atoms with Gasteiger partial charge in [-0.3, -0.25) is 4.98 Å². The van der Waals surface area contributed by atoms with Crippen molar-refractivity contribution in [2.75, 3.05) is 41.4 Å². The Kier molecular flexibility index (Phi) is 6.38. The molecule has 0 aliphatic carbocycles. The highest BCUT2D eigenvalue weighted by Gasteiger charge is 2.35. The lowest BCUT2D eigenvalue weighted by Gasteiger charge is -2.28. The summed E-state index contributed by atoms with van der Waals surface area (Å²) in [7, 11) is -3.05. The lowest BCUT2D eigenvalue weighted by molar-refractivity contribution is -0.0583. The molecule has 0 bridgehead atoms. The first-order valence-corrected chi connectivity index (χ1v) is 12.5. The van der Waals surface area contributed by atoms with Gasteiger partial charge in [-0.15, -0.1) is 5.10 Å². The molecule has 0 saturated carbocycles. The summed E-state index contributed by atoms with van der Waals surface area (Å²) in [6, 6.07) is 4.67. The summed E-state index contributed by atoms with van der Waals surface area (Å²) in [5, 5.41) is 20.8. The van der Waals surface area contributed by atoms with Crippen molar-refractivity contribution in [3.63, 3.8) is 0 Å². The Morgan fingerprint density at radius 1 is 1.24 bits per heavy atom. The van der Waals surface area contributed by atoms with Crippen LogP contribution in [0, 0.1) is 12.7 Å². The molecule has 1 aliphatic rings. The minimum atomic E-state index is -3.71. The van der Waals surface area contributed by atoms with E-state index < -0.39 is 39.8 Å². The van der Waals surface area contributed by atoms with Gasteiger partial charge in [0.05, 0.1) is 46.2 Å². The van der Waals surface area contributed by atoms with Crippen LogP contribution in [0.15, 0.2) is 30.5 Å². The number of nitrogens with zero attached hydrogens (tertiary/aromatic N) is 4. The number of benzene rings is 1. The molecule has 4 rings (SSSR count). The zero-order valence-electron chi connectivity index (χ0n) is 18.6. The summed E-state index contributed by atoms with van der Waals surface area (Å²) in [6.45, 7) is 2.50. The van der Waals surface area contributed by atoms with Gasteiger partial charge >= 0.3 is 0 Å². The molecule has 34 heavy (non-hydrogen) atoms.